The molecule has 1 aliphatic rings. The lowest BCUT2D eigenvalue weighted by Crippen LogP contribution is -2.09. The number of nitrogens with zero attached hydrogens (tertiary/aromatic N) is 4. The van der Waals surface area contributed by atoms with E-state index in [9.17, 15) is 0 Å². The van der Waals surface area contributed by atoms with Gasteiger partial charge in [0.25, 0.3) is 0 Å². The second-order valence-corrected chi connectivity index (χ2v) is 5.81. The van der Waals surface area contributed by atoms with Gasteiger partial charge >= 0.3 is 0 Å². The SMILES string of the molecule is C=C1C(CC)C(C)CC1n1cnc2c(C)nc(N)nc21. The van der Waals surface area contributed by atoms with Gasteiger partial charge in [-0.2, -0.15) is 4.98 Å². The van der Waals surface area contributed by atoms with Crippen LogP contribution in [0.2, 0.25) is 0 Å². The Bertz CT molecular complexity index is 672. The summed E-state index contributed by atoms with van der Waals surface area (Å²) in [5, 5.41) is 0. The number of nitrogen functional groups attached to an aromatic ring is 1. The number of fused-ring (bicyclic) bond motifs is 1. The Labute approximate surface area is 118 Å². The molecule has 0 spiro atoms. The predicted molar refractivity (Wildman–Crippen MR) is 80.2 cm³/mol. The molecule has 5 heteroatoms. The van der Waals surface area contributed by atoms with Gasteiger partial charge in [-0.1, -0.05) is 26.0 Å². The van der Waals surface area contributed by atoms with Gasteiger partial charge in [0.2, 0.25) is 5.95 Å². The number of anilines is 1. The van der Waals surface area contributed by atoms with E-state index in [1.165, 1.54) is 5.57 Å². The maximum atomic E-state index is 5.78. The number of nitrogens with two attached hydrogens (primary N) is 1. The Morgan fingerprint density at radius 1 is 1.45 bits per heavy atom. The molecule has 0 radical (unpaired) electrons. The third-order valence-corrected chi connectivity index (χ3v) is 4.57. The number of aromatic nitrogens is 4. The maximum Gasteiger partial charge on any atom is 0.222 e. The molecule has 20 heavy (non-hydrogen) atoms. The number of rotatable bonds is 2. The van der Waals surface area contributed by atoms with Gasteiger partial charge in [0.15, 0.2) is 5.65 Å². The summed E-state index contributed by atoms with van der Waals surface area (Å²) < 4.78 is 2.12. The van der Waals surface area contributed by atoms with Gasteiger partial charge in [0.05, 0.1) is 18.1 Å². The van der Waals surface area contributed by atoms with Gasteiger partial charge in [-0.15, -0.1) is 0 Å². The minimum Gasteiger partial charge on any atom is -0.368 e. The number of aryl methyl sites for hydroxylation is 1. The van der Waals surface area contributed by atoms with Crippen LogP contribution >= 0.6 is 0 Å². The normalized spacial score (nSPS) is 26.6. The van der Waals surface area contributed by atoms with Gasteiger partial charge in [0, 0.05) is 0 Å². The first-order valence-corrected chi connectivity index (χ1v) is 7.18. The summed E-state index contributed by atoms with van der Waals surface area (Å²) in [5.74, 6) is 1.54. The zero-order valence-electron chi connectivity index (χ0n) is 12.3. The van der Waals surface area contributed by atoms with E-state index in [0.717, 1.165) is 29.7 Å². The van der Waals surface area contributed by atoms with Crippen molar-refractivity contribution in [2.24, 2.45) is 11.8 Å². The molecule has 0 bridgehead atoms. The largest absolute Gasteiger partial charge is 0.368 e. The number of hydrogen-bond donors (Lipinski definition) is 1. The fraction of sp³-hybridized carbons (Fsp3) is 0.533. The maximum absolute atomic E-state index is 5.78. The summed E-state index contributed by atoms with van der Waals surface area (Å²) in [5.41, 5.74) is 9.55. The summed E-state index contributed by atoms with van der Waals surface area (Å²) in [6.07, 6.45) is 4.08. The summed E-state index contributed by atoms with van der Waals surface area (Å²) in [6, 6.07) is 0.272. The van der Waals surface area contributed by atoms with E-state index in [1.54, 1.807) is 0 Å². The van der Waals surface area contributed by atoms with E-state index in [-0.39, 0.29) is 6.04 Å². The number of allylic oxidation sites excluding steroid dienone is 1. The highest BCUT2D eigenvalue weighted by molar-refractivity contribution is 5.74. The van der Waals surface area contributed by atoms with Gasteiger partial charge in [-0.3, -0.25) is 0 Å². The molecule has 0 aliphatic heterocycles. The van der Waals surface area contributed by atoms with Crippen LogP contribution in [0.1, 0.15) is 38.4 Å². The van der Waals surface area contributed by atoms with E-state index in [2.05, 4.69) is 39.9 Å². The van der Waals surface area contributed by atoms with E-state index in [0.29, 0.717) is 17.8 Å². The first-order chi connectivity index (χ1) is 9.52. The van der Waals surface area contributed by atoms with Crippen molar-refractivity contribution in [3.8, 4) is 0 Å². The fourth-order valence-corrected chi connectivity index (χ4v) is 3.54. The minimum absolute atomic E-state index is 0.272. The smallest absolute Gasteiger partial charge is 0.222 e. The standard InChI is InChI=1S/C15H21N5/c1-5-11-8(2)6-12(9(11)3)20-7-17-13-10(4)18-15(16)19-14(13)20/h7-8,11-12H,3,5-6H2,1-2,4H3,(H2,16,18,19). The van der Waals surface area contributed by atoms with Crippen LogP contribution in [-0.4, -0.2) is 19.5 Å². The van der Waals surface area contributed by atoms with Crippen LogP contribution in [0.3, 0.4) is 0 Å². The highest BCUT2D eigenvalue weighted by Gasteiger charge is 2.35. The molecule has 0 aromatic carbocycles. The molecule has 2 heterocycles. The van der Waals surface area contributed by atoms with E-state index in [4.69, 9.17) is 5.73 Å². The lowest BCUT2D eigenvalue weighted by molar-refractivity contribution is 0.438. The van der Waals surface area contributed by atoms with Gasteiger partial charge in [0.1, 0.15) is 5.52 Å². The molecular formula is C15H21N5. The number of hydrogen-bond acceptors (Lipinski definition) is 4. The van der Waals surface area contributed by atoms with Crippen molar-refractivity contribution < 1.29 is 0 Å². The first kappa shape index (κ1) is 13.1. The third kappa shape index (κ3) is 1.80. The van der Waals surface area contributed by atoms with Gasteiger partial charge < -0.3 is 10.3 Å². The summed E-state index contributed by atoms with van der Waals surface area (Å²) in [4.78, 5) is 13.0. The van der Waals surface area contributed by atoms with E-state index >= 15 is 0 Å². The second-order valence-electron chi connectivity index (χ2n) is 5.81. The predicted octanol–water partition coefficient (Wildman–Crippen LogP) is 2.88. The highest BCUT2D eigenvalue weighted by Crippen LogP contribution is 2.45. The lowest BCUT2D eigenvalue weighted by atomic mass is 9.93. The second kappa shape index (κ2) is 4.58. The van der Waals surface area contributed by atoms with Crippen molar-refractivity contribution in [2.75, 3.05) is 5.73 Å². The van der Waals surface area contributed by atoms with Crippen LogP contribution < -0.4 is 5.73 Å². The lowest BCUT2D eigenvalue weighted by Gasteiger charge is -2.16. The molecule has 1 fully saturated rings. The molecule has 1 aliphatic carbocycles. The third-order valence-electron chi connectivity index (χ3n) is 4.57. The monoisotopic (exact) mass is 271 g/mol. The van der Waals surface area contributed by atoms with Crippen molar-refractivity contribution in [3.63, 3.8) is 0 Å². The first-order valence-electron chi connectivity index (χ1n) is 7.18. The van der Waals surface area contributed by atoms with Crippen molar-refractivity contribution in [3.05, 3.63) is 24.2 Å². The van der Waals surface area contributed by atoms with Crippen LogP contribution in [0.5, 0.6) is 0 Å². The molecule has 3 unspecified atom stereocenters. The van der Waals surface area contributed by atoms with Crippen LogP contribution in [0.25, 0.3) is 11.2 Å². The Kier molecular flexibility index (Phi) is 3.00. The fourth-order valence-electron chi connectivity index (χ4n) is 3.54. The summed E-state index contributed by atoms with van der Waals surface area (Å²) in [7, 11) is 0. The molecule has 3 atom stereocenters. The van der Waals surface area contributed by atoms with Gasteiger partial charge in [-0.25, -0.2) is 9.97 Å². The quantitative estimate of drug-likeness (QED) is 0.853. The number of imidazole rings is 1. The molecule has 106 valence electrons. The highest BCUT2D eigenvalue weighted by atomic mass is 15.2. The van der Waals surface area contributed by atoms with E-state index < -0.39 is 0 Å². The van der Waals surface area contributed by atoms with Crippen molar-refractivity contribution in [1.82, 2.24) is 19.5 Å². The molecule has 0 amide bonds. The zero-order valence-corrected chi connectivity index (χ0v) is 12.3. The van der Waals surface area contributed by atoms with Gasteiger partial charge in [-0.05, 0) is 31.6 Å². The Balaban J connectivity index is 2.10. The van der Waals surface area contributed by atoms with Crippen molar-refractivity contribution >= 4 is 17.1 Å². The Hall–Kier alpha value is -1.91. The Morgan fingerprint density at radius 2 is 2.20 bits per heavy atom. The molecule has 2 aromatic rings. The minimum atomic E-state index is 0.272. The van der Waals surface area contributed by atoms with E-state index in [1.807, 2.05) is 13.3 Å². The van der Waals surface area contributed by atoms with Crippen LogP contribution in [-0.2, 0) is 0 Å². The average molecular weight is 271 g/mol. The molecule has 2 N–H and O–H groups in total. The zero-order chi connectivity index (χ0) is 14.4. The van der Waals surface area contributed by atoms with Crippen LogP contribution in [0.4, 0.5) is 5.95 Å². The molecule has 2 aromatic heterocycles. The topological polar surface area (TPSA) is 69.6 Å². The summed E-state index contributed by atoms with van der Waals surface area (Å²) in [6.45, 7) is 10.8. The molecule has 5 nitrogen and oxygen atoms in total. The van der Waals surface area contributed by atoms with Crippen molar-refractivity contribution in [2.45, 2.75) is 39.7 Å². The van der Waals surface area contributed by atoms with Crippen LogP contribution in [0, 0.1) is 18.8 Å². The van der Waals surface area contributed by atoms with Crippen LogP contribution in [0.15, 0.2) is 18.5 Å². The average Bonchev–Trinajstić information content (AvgIpc) is 2.91. The van der Waals surface area contributed by atoms with Crippen molar-refractivity contribution in [1.29, 1.82) is 0 Å². The molecule has 3 rings (SSSR count). The molecule has 0 saturated heterocycles. The summed E-state index contributed by atoms with van der Waals surface area (Å²) >= 11 is 0. The molecule has 1 saturated carbocycles. The molecular weight excluding hydrogens is 250 g/mol. The Morgan fingerprint density at radius 3 is 2.85 bits per heavy atom.